The fourth-order valence-electron chi connectivity index (χ4n) is 3.26. The molecule has 0 aromatic heterocycles. The Labute approximate surface area is 128 Å². The zero-order valence-electron chi connectivity index (χ0n) is 13.1. The molecule has 0 heterocycles. The maximum Gasteiger partial charge on any atom is 0.223 e. The van der Waals surface area contributed by atoms with Gasteiger partial charge in [-0.2, -0.15) is 0 Å². The van der Waals surface area contributed by atoms with Crippen molar-refractivity contribution >= 4 is 5.91 Å². The summed E-state index contributed by atoms with van der Waals surface area (Å²) in [5.74, 6) is 1.67. The molecular formula is C18H28N2O. The minimum Gasteiger partial charge on any atom is -0.338 e. The average molecular weight is 288 g/mol. The van der Waals surface area contributed by atoms with Gasteiger partial charge in [-0.15, -0.1) is 0 Å². The summed E-state index contributed by atoms with van der Waals surface area (Å²) in [7, 11) is 0. The topological polar surface area (TPSA) is 46.3 Å². The van der Waals surface area contributed by atoms with Crippen molar-refractivity contribution in [3.8, 4) is 0 Å². The van der Waals surface area contributed by atoms with Crippen molar-refractivity contribution in [2.75, 3.05) is 13.1 Å². The Bertz CT molecular complexity index is 432. The van der Waals surface area contributed by atoms with Crippen LogP contribution in [0.5, 0.6) is 0 Å². The van der Waals surface area contributed by atoms with Crippen LogP contribution in [-0.4, -0.2) is 23.9 Å². The smallest absolute Gasteiger partial charge is 0.223 e. The maximum atomic E-state index is 12.6. The van der Waals surface area contributed by atoms with Gasteiger partial charge in [-0.05, 0) is 43.2 Å². The molecule has 1 aliphatic carbocycles. The molecule has 1 aromatic rings. The molecule has 0 bridgehead atoms. The van der Waals surface area contributed by atoms with Gasteiger partial charge in [-0.25, -0.2) is 0 Å². The molecule has 1 saturated carbocycles. The van der Waals surface area contributed by atoms with Gasteiger partial charge < -0.3 is 10.6 Å². The molecule has 2 N–H and O–H groups in total. The predicted octanol–water partition coefficient (Wildman–Crippen LogP) is 3.19. The fraction of sp³-hybridized carbons (Fsp3) is 0.611. The first kappa shape index (κ1) is 16.0. The van der Waals surface area contributed by atoms with Crippen LogP contribution >= 0.6 is 0 Å². The molecule has 1 fully saturated rings. The van der Waals surface area contributed by atoms with Gasteiger partial charge in [0.05, 0.1) is 0 Å². The van der Waals surface area contributed by atoms with E-state index in [0.717, 1.165) is 18.9 Å². The summed E-state index contributed by atoms with van der Waals surface area (Å²) in [5.41, 5.74) is 6.81. The highest BCUT2D eigenvalue weighted by molar-refractivity contribution is 5.76. The van der Waals surface area contributed by atoms with Crippen LogP contribution in [0, 0.1) is 11.8 Å². The minimum atomic E-state index is 0.298. The number of hydrogen-bond acceptors (Lipinski definition) is 2. The van der Waals surface area contributed by atoms with E-state index in [-0.39, 0.29) is 0 Å². The van der Waals surface area contributed by atoms with Crippen LogP contribution in [0.4, 0.5) is 0 Å². The number of nitrogens with zero attached hydrogens (tertiary/aromatic N) is 1. The first-order valence-electron chi connectivity index (χ1n) is 8.20. The highest BCUT2D eigenvalue weighted by atomic mass is 16.2. The summed E-state index contributed by atoms with van der Waals surface area (Å²) in [6.45, 7) is 4.41. The van der Waals surface area contributed by atoms with Gasteiger partial charge in [0.15, 0.2) is 0 Å². The van der Waals surface area contributed by atoms with Crippen LogP contribution in [-0.2, 0) is 11.3 Å². The molecule has 3 nitrogen and oxygen atoms in total. The van der Waals surface area contributed by atoms with E-state index >= 15 is 0 Å². The molecule has 2 unspecified atom stereocenters. The summed E-state index contributed by atoms with van der Waals surface area (Å²) in [6.07, 6.45) is 5.28. The minimum absolute atomic E-state index is 0.298. The van der Waals surface area contributed by atoms with Crippen molar-refractivity contribution in [1.82, 2.24) is 4.90 Å². The first-order valence-corrected chi connectivity index (χ1v) is 8.20. The second kappa shape index (κ2) is 8.18. The SMILES string of the molecule is CC1CCC(CC(=O)N(CCCN)Cc2ccccc2)C1. The number of carbonyl (C=O) groups excluding carboxylic acids is 1. The Hall–Kier alpha value is -1.35. The zero-order chi connectivity index (χ0) is 15.1. The molecule has 21 heavy (non-hydrogen) atoms. The van der Waals surface area contributed by atoms with Gasteiger partial charge in [0.1, 0.15) is 0 Å². The molecule has 1 aromatic carbocycles. The number of nitrogens with two attached hydrogens (primary N) is 1. The summed E-state index contributed by atoms with van der Waals surface area (Å²) in [6, 6.07) is 10.2. The quantitative estimate of drug-likeness (QED) is 0.837. The monoisotopic (exact) mass is 288 g/mol. The lowest BCUT2D eigenvalue weighted by Gasteiger charge is -2.24. The van der Waals surface area contributed by atoms with E-state index in [1.807, 2.05) is 23.1 Å². The number of amides is 1. The highest BCUT2D eigenvalue weighted by Gasteiger charge is 2.25. The fourth-order valence-corrected chi connectivity index (χ4v) is 3.26. The summed E-state index contributed by atoms with van der Waals surface area (Å²) >= 11 is 0. The Morgan fingerprint density at radius 2 is 2.05 bits per heavy atom. The van der Waals surface area contributed by atoms with Crippen molar-refractivity contribution in [3.63, 3.8) is 0 Å². The molecule has 2 rings (SSSR count). The summed E-state index contributed by atoms with van der Waals surface area (Å²) < 4.78 is 0. The lowest BCUT2D eigenvalue weighted by atomic mass is 10.0. The second-order valence-corrected chi connectivity index (χ2v) is 6.43. The first-order chi connectivity index (χ1) is 10.2. The predicted molar refractivity (Wildman–Crippen MR) is 86.7 cm³/mol. The lowest BCUT2D eigenvalue weighted by molar-refractivity contribution is -0.132. The van der Waals surface area contributed by atoms with Crippen molar-refractivity contribution in [2.45, 2.75) is 45.6 Å². The number of hydrogen-bond donors (Lipinski definition) is 1. The molecule has 0 radical (unpaired) electrons. The largest absolute Gasteiger partial charge is 0.338 e. The number of rotatable bonds is 7. The lowest BCUT2D eigenvalue weighted by Crippen LogP contribution is -2.33. The third-order valence-electron chi connectivity index (χ3n) is 4.47. The molecule has 1 aliphatic rings. The van der Waals surface area contributed by atoms with E-state index in [1.54, 1.807) is 0 Å². The van der Waals surface area contributed by atoms with Crippen LogP contribution in [0.3, 0.4) is 0 Å². The van der Waals surface area contributed by atoms with Crippen LogP contribution < -0.4 is 5.73 Å². The molecule has 0 aliphatic heterocycles. The van der Waals surface area contributed by atoms with E-state index in [9.17, 15) is 4.79 Å². The second-order valence-electron chi connectivity index (χ2n) is 6.43. The van der Waals surface area contributed by atoms with Crippen LogP contribution in [0.25, 0.3) is 0 Å². The van der Waals surface area contributed by atoms with E-state index in [1.165, 1.54) is 24.8 Å². The van der Waals surface area contributed by atoms with Gasteiger partial charge in [0, 0.05) is 19.5 Å². The van der Waals surface area contributed by atoms with E-state index < -0.39 is 0 Å². The van der Waals surface area contributed by atoms with Crippen LogP contribution in [0.1, 0.15) is 44.6 Å². The van der Waals surface area contributed by atoms with Crippen molar-refractivity contribution < 1.29 is 4.79 Å². The molecule has 0 saturated heterocycles. The van der Waals surface area contributed by atoms with Crippen LogP contribution in [0.15, 0.2) is 30.3 Å². The Morgan fingerprint density at radius 3 is 2.67 bits per heavy atom. The van der Waals surface area contributed by atoms with Gasteiger partial charge >= 0.3 is 0 Å². The highest BCUT2D eigenvalue weighted by Crippen LogP contribution is 2.33. The number of carbonyl (C=O) groups is 1. The Kier molecular flexibility index (Phi) is 6.24. The third kappa shape index (κ3) is 5.16. The third-order valence-corrected chi connectivity index (χ3v) is 4.47. The standard InChI is InChI=1S/C18H28N2O/c1-15-8-9-17(12-15)13-18(21)20(11-5-10-19)14-16-6-3-2-4-7-16/h2-4,6-7,15,17H,5,8-14,19H2,1H3. The normalized spacial score (nSPS) is 21.4. The van der Waals surface area contributed by atoms with Crippen molar-refractivity contribution in [3.05, 3.63) is 35.9 Å². The molecule has 2 atom stereocenters. The van der Waals surface area contributed by atoms with Crippen molar-refractivity contribution in [2.24, 2.45) is 17.6 Å². The van der Waals surface area contributed by atoms with Crippen molar-refractivity contribution in [1.29, 1.82) is 0 Å². The molecule has 1 amide bonds. The van der Waals surface area contributed by atoms with Gasteiger partial charge in [0.25, 0.3) is 0 Å². The van der Waals surface area contributed by atoms with Gasteiger partial charge in [-0.3, -0.25) is 4.79 Å². The maximum absolute atomic E-state index is 12.6. The summed E-state index contributed by atoms with van der Waals surface area (Å²) in [5, 5.41) is 0. The van der Waals surface area contributed by atoms with E-state index in [0.29, 0.717) is 31.3 Å². The van der Waals surface area contributed by atoms with Gasteiger partial charge in [-0.1, -0.05) is 43.7 Å². The average Bonchev–Trinajstić information content (AvgIpc) is 2.89. The zero-order valence-corrected chi connectivity index (χ0v) is 13.1. The molecule has 116 valence electrons. The van der Waals surface area contributed by atoms with E-state index in [4.69, 9.17) is 5.73 Å². The molecule has 3 heteroatoms. The Balaban J connectivity index is 1.92. The van der Waals surface area contributed by atoms with Gasteiger partial charge in [0.2, 0.25) is 5.91 Å². The summed E-state index contributed by atoms with van der Waals surface area (Å²) in [4.78, 5) is 14.6. The Morgan fingerprint density at radius 1 is 1.29 bits per heavy atom. The van der Waals surface area contributed by atoms with Crippen LogP contribution in [0.2, 0.25) is 0 Å². The number of benzene rings is 1. The van der Waals surface area contributed by atoms with E-state index in [2.05, 4.69) is 19.1 Å². The molecule has 0 spiro atoms. The molecular weight excluding hydrogens is 260 g/mol.